The van der Waals surface area contributed by atoms with Crippen molar-refractivity contribution in [3.05, 3.63) is 29.8 Å². The number of nitrogen functional groups attached to an aromatic ring is 1. The van der Waals surface area contributed by atoms with Gasteiger partial charge in [0, 0.05) is 17.8 Å². The van der Waals surface area contributed by atoms with Gasteiger partial charge >= 0.3 is 0 Å². The molecule has 1 rings (SSSR count). The molecule has 0 saturated heterocycles. The second-order valence-corrected chi connectivity index (χ2v) is 3.80. The molecule has 4 nitrogen and oxygen atoms in total. The van der Waals surface area contributed by atoms with Gasteiger partial charge in [-0.1, -0.05) is 6.07 Å². The number of nitrogens with one attached hydrogen (secondary N) is 1. The van der Waals surface area contributed by atoms with Crippen LogP contribution >= 0.6 is 0 Å². The lowest BCUT2D eigenvalue weighted by Crippen LogP contribution is -2.28. The van der Waals surface area contributed by atoms with Crippen LogP contribution in [0.4, 0.5) is 5.69 Å². The topological polar surface area (TPSA) is 64.3 Å². The Morgan fingerprint density at radius 1 is 1.50 bits per heavy atom. The monoisotopic (exact) mass is 222 g/mol. The normalized spacial score (nSPS) is 10.4. The Morgan fingerprint density at radius 3 is 2.88 bits per heavy atom. The van der Waals surface area contributed by atoms with E-state index < -0.39 is 0 Å². The van der Waals surface area contributed by atoms with Crippen molar-refractivity contribution in [2.45, 2.75) is 20.0 Å². The molecule has 0 saturated carbocycles. The highest BCUT2D eigenvalue weighted by molar-refractivity contribution is 5.94. The van der Waals surface area contributed by atoms with Crippen LogP contribution in [0.1, 0.15) is 24.2 Å². The van der Waals surface area contributed by atoms with Gasteiger partial charge in [-0.2, -0.15) is 0 Å². The number of rotatable bonds is 5. The first kappa shape index (κ1) is 12.5. The van der Waals surface area contributed by atoms with Crippen LogP contribution in [0.25, 0.3) is 0 Å². The van der Waals surface area contributed by atoms with Crippen LogP contribution in [-0.2, 0) is 4.74 Å². The highest BCUT2D eigenvalue weighted by atomic mass is 16.5. The fraction of sp³-hybridized carbons (Fsp3) is 0.417. The molecule has 0 heterocycles. The molecule has 0 aliphatic rings. The van der Waals surface area contributed by atoms with Crippen LogP contribution in [0.3, 0.4) is 0 Å². The molecule has 0 radical (unpaired) electrons. The van der Waals surface area contributed by atoms with E-state index in [2.05, 4.69) is 5.32 Å². The zero-order chi connectivity index (χ0) is 12.0. The second kappa shape index (κ2) is 6.12. The molecule has 0 fully saturated rings. The molecule has 0 atom stereocenters. The van der Waals surface area contributed by atoms with E-state index in [-0.39, 0.29) is 12.0 Å². The van der Waals surface area contributed by atoms with Gasteiger partial charge in [0.1, 0.15) is 0 Å². The maximum atomic E-state index is 11.6. The summed E-state index contributed by atoms with van der Waals surface area (Å²) in [5.41, 5.74) is 6.75. The van der Waals surface area contributed by atoms with Crippen LogP contribution < -0.4 is 11.1 Å². The predicted molar refractivity (Wildman–Crippen MR) is 64.3 cm³/mol. The molecule has 0 aliphatic heterocycles. The minimum atomic E-state index is -0.125. The van der Waals surface area contributed by atoms with Gasteiger partial charge in [0.05, 0.1) is 12.7 Å². The third-order valence-electron chi connectivity index (χ3n) is 1.99. The zero-order valence-corrected chi connectivity index (χ0v) is 9.69. The Balaban J connectivity index is 2.35. The van der Waals surface area contributed by atoms with Crippen molar-refractivity contribution in [2.75, 3.05) is 18.9 Å². The Bertz CT molecular complexity index is 351. The van der Waals surface area contributed by atoms with E-state index in [1.54, 1.807) is 24.3 Å². The van der Waals surface area contributed by atoms with Crippen molar-refractivity contribution in [1.29, 1.82) is 0 Å². The first-order valence-corrected chi connectivity index (χ1v) is 5.35. The average Bonchev–Trinajstić information content (AvgIpc) is 2.24. The number of ether oxygens (including phenoxy) is 1. The van der Waals surface area contributed by atoms with Gasteiger partial charge in [-0.3, -0.25) is 4.79 Å². The standard InChI is InChI=1S/C12H18N2O2/c1-9(2)16-7-6-14-12(15)10-4-3-5-11(13)8-10/h3-5,8-9H,6-7,13H2,1-2H3,(H,14,15). The lowest BCUT2D eigenvalue weighted by atomic mass is 10.2. The lowest BCUT2D eigenvalue weighted by molar-refractivity contribution is 0.0746. The van der Waals surface area contributed by atoms with Crippen molar-refractivity contribution in [2.24, 2.45) is 0 Å². The number of anilines is 1. The number of nitrogens with two attached hydrogens (primary N) is 1. The number of amides is 1. The number of benzene rings is 1. The molecule has 0 unspecified atom stereocenters. The summed E-state index contributed by atoms with van der Waals surface area (Å²) >= 11 is 0. The molecule has 0 aliphatic carbocycles. The molecule has 1 aromatic carbocycles. The van der Waals surface area contributed by atoms with Gasteiger partial charge in [0.25, 0.3) is 5.91 Å². The Kier molecular flexibility index (Phi) is 4.79. The highest BCUT2D eigenvalue weighted by Gasteiger charge is 2.04. The molecule has 88 valence electrons. The molecule has 0 bridgehead atoms. The van der Waals surface area contributed by atoms with E-state index in [1.807, 2.05) is 13.8 Å². The van der Waals surface area contributed by atoms with Crippen molar-refractivity contribution >= 4 is 11.6 Å². The summed E-state index contributed by atoms with van der Waals surface area (Å²) in [5.74, 6) is -0.125. The first-order valence-electron chi connectivity index (χ1n) is 5.35. The summed E-state index contributed by atoms with van der Waals surface area (Å²) in [4.78, 5) is 11.6. The average molecular weight is 222 g/mol. The maximum absolute atomic E-state index is 11.6. The Labute approximate surface area is 95.8 Å². The van der Waals surface area contributed by atoms with Crippen molar-refractivity contribution in [1.82, 2.24) is 5.32 Å². The summed E-state index contributed by atoms with van der Waals surface area (Å²) in [5, 5.41) is 2.76. The summed E-state index contributed by atoms with van der Waals surface area (Å²) in [6.07, 6.45) is 0.185. The molecule has 0 spiro atoms. The number of hydrogen-bond donors (Lipinski definition) is 2. The van der Waals surface area contributed by atoms with Gasteiger partial charge < -0.3 is 15.8 Å². The van der Waals surface area contributed by atoms with E-state index in [0.717, 1.165) is 0 Å². The van der Waals surface area contributed by atoms with Crippen molar-refractivity contribution in [3.63, 3.8) is 0 Å². The van der Waals surface area contributed by atoms with Crippen LogP contribution in [0.15, 0.2) is 24.3 Å². The molecule has 0 aromatic heterocycles. The van der Waals surface area contributed by atoms with Crippen LogP contribution in [0, 0.1) is 0 Å². The number of carbonyl (C=O) groups excluding carboxylic acids is 1. The molecule has 1 aromatic rings. The third-order valence-corrected chi connectivity index (χ3v) is 1.99. The molecular weight excluding hydrogens is 204 g/mol. The van der Waals surface area contributed by atoms with Gasteiger partial charge in [-0.15, -0.1) is 0 Å². The molecule has 4 heteroatoms. The molecule has 3 N–H and O–H groups in total. The summed E-state index contributed by atoms with van der Waals surface area (Å²) in [6.45, 7) is 4.94. The summed E-state index contributed by atoms with van der Waals surface area (Å²) in [6, 6.07) is 6.89. The van der Waals surface area contributed by atoms with Crippen LogP contribution in [0.5, 0.6) is 0 Å². The van der Waals surface area contributed by atoms with Crippen molar-refractivity contribution in [3.8, 4) is 0 Å². The summed E-state index contributed by atoms with van der Waals surface area (Å²) < 4.78 is 5.31. The zero-order valence-electron chi connectivity index (χ0n) is 9.69. The van der Waals surface area contributed by atoms with Gasteiger partial charge in [0.15, 0.2) is 0 Å². The maximum Gasteiger partial charge on any atom is 0.251 e. The predicted octanol–water partition coefficient (Wildman–Crippen LogP) is 1.42. The van der Waals surface area contributed by atoms with Crippen LogP contribution in [-0.4, -0.2) is 25.2 Å². The summed E-state index contributed by atoms with van der Waals surface area (Å²) in [7, 11) is 0. The minimum Gasteiger partial charge on any atom is -0.399 e. The quantitative estimate of drug-likeness (QED) is 0.585. The van der Waals surface area contributed by atoms with E-state index in [1.165, 1.54) is 0 Å². The SMILES string of the molecule is CC(C)OCCNC(=O)c1cccc(N)c1. The highest BCUT2D eigenvalue weighted by Crippen LogP contribution is 2.05. The Hall–Kier alpha value is -1.55. The first-order chi connectivity index (χ1) is 7.59. The van der Waals surface area contributed by atoms with E-state index in [9.17, 15) is 4.79 Å². The van der Waals surface area contributed by atoms with E-state index in [0.29, 0.717) is 24.4 Å². The van der Waals surface area contributed by atoms with Crippen LogP contribution in [0.2, 0.25) is 0 Å². The van der Waals surface area contributed by atoms with Gasteiger partial charge in [-0.05, 0) is 32.0 Å². The third kappa shape index (κ3) is 4.31. The number of hydrogen-bond acceptors (Lipinski definition) is 3. The molecule has 16 heavy (non-hydrogen) atoms. The largest absolute Gasteiger partial charge is 0.399 e. The van der Waals surface area contributed by atoms with Gasteiger partial charge in [0.2, 0.25) is 0 Å². The van der Waals surface area contributed by atoms with Crippen molar-refractivity contribution < 1.29 is 9.53 Å². The molecule has 1 amide bonds. The lowest BCUT2D eigenvalue weighted by Gasteiger charge is -2.08. The number of carbonyl (C=O) groups is 1. The van der Waals surface area contributed by atoms with E-state index >= 15 is 0 Å². The Morgan fingerprint density at radius 2 is 2.25 bits per heavy atom. The van der Waals surface area contributed by atoms with E-state index in [4.69, 9.17) is 10.5 Å². The second-order valence-electron chi connectivity index (χ2n) is 3.80. The smallest absolute Gasteiger partial charge is 0.251 e. The minimum absolute atomic E-state index is 0.125. The van der Waals surface area contributed by atoms with Gasteiger partial charge in [-0.25, -0.2) is 0 Å². The molecular formula is C12H18N2O2. The fourth-order valence-electron chi connectivity index (χ4n) is 1.24. The fourth-order valence-corrected chi connectivity index (χ4v) is 1.24.